The normalized spacial score (nSPS) is 11.3. The first-order valence-electron chi connectivity index (χ1n) is 5.97. The Balaban J connectivity index is 2.59. The Morgan fingerprint density at radius 2 is 2.11 bits per heavy atom. The van der Waals surface area contributed by atoms with Gasteiger partial charge in [0, 0.05) is 6.54 Å². The first kappa shape index (κ1) is 14.5. The van der Waals surface area contributed by atoms with Crippen LogP contribution in [0.5, 0.6) is 0 Å². The molecule has 0 saturated heterocycles. The average Bonchev–Trinajstić information content (AvgIpc) is 2.71. The number of rotatable bonds is 4. The fourth-order valence-electron chi connectivity index (χ4n) is 1.89. The minimum Gasteiger partial charge on any atom is -0.310 e. The zero-order valence-corrected chi connectivity index (χ0v) is 13.0. The van der Waals surface area contributed by atoms with E-state index in [1.165, 1.54) is 6.07 Å². The van der Waals surface area contributed by atoms with E-state index in [0.29, 0.717) is 34.2 Å². The van der Waals surface area contributed by atoms with Crippen LogP contribution < -0.4 is 0 Å². The van der Waals surface area contributed by atoms with Gasteiger partial charge in [0.05, 0.1) is 15.9 Å². The number of aromatic nitrogens is 3. The molecule has 0 aliphatic carbocycles. The summed E-state index contributed by atoms with van der Waals surface area (Å²) in [5.41, 5.74) is 0.310. The van der Waals surface area contributed by atoms with Crippen LogP contribution >= 0.6 is 27.5 Å². The molecule has 0 aliphatic rings. The molecule has 19 heavy (non-hydrogen) atoms. The van der Waals surface area contributed by atoms with Crippen molar-refractivity contribution in [3.8, 4) is 11.4 Å². The summed E-state index contributed by atoms with van der Waals surface area (Å²) in [6.45, 7) is 4.89. The smallest absolute Gasteiger partial charge is 0.168 e. The van der Waals surface area contributed by atoms with Crippen molar-refractivity contribution >= 4 is 27.5 Å². The van der Waals surface area contributed by atoms with Gasteiger partial charge in [-0.1, -0.05) is 47.4 Å². The van der Waals surface area contributed by atoms with E-state index in [0.717, 1.165) is 5.82 Å². The van der Waals surface area contributed by atoms with Gasteiger partial charge in [-0.25, -0.2) is 4.39 Å². The highest BCUT2D eigenvalue weighted by Gasteiger charge is 2.19. The molecule has 6 heteroatoms. The van der Waals surface area contributed by atoms with Gasteiger partial charge in [0.25, 0.3) is 0 Å². The minimum atomic E-state index is -0.383. The Labute approximate surface area is 124 Å². The van der Waals surface area contributed by atoms with Crippen LogP contribution in [-0.2, 0) is 11.9 Å². The summed E-state index contributed by atoms with van der Waals surface area (Å²) in [6, 6.07) is 4.61. The van der Waals surface area contributed by atoms with Gasteiger partial charge in [-0.3, -0.25) is 0 Å². The van der Waals surface area contributed by atoms with Gasteiger partial charge < -0.3 is 4.57 Å². The summed E-state index contributed by atoms with van der Waals surface area (Å²) >= 11 is 9.46. The van der Waals surface area contributed by atoms with Crippen LogP contribution in [0, 0.1) is 11.7 Å². The summed E-state index contributed by atoms with van der Waals surface area (Å²) in [6.07, 6.45) is 0. The van der Waals surface area contributed by atoms with Gasteiger partial charge in [0.15, 0.2) is 5.82 Å². The Bertz CT molecular complexity index is 563. The zero-order valence-electron chi connectivity index (χ0n) is 10.7. The first-order valence-corrected chi connectivity index (χ1v) is 7.47. The maximum atomic E-state index is 14.0. The molecule has 0 fully saturated rings. The molecule has 0 bridgehead atoms. The Morgan fingerprint density at radius 3 is 2.68 bits per heavy atom. The van der Waals surface area contributed by atoms with Crippen LogP contribution in [0.15, 0.2) is 18.2 Å². The molecule has 0 saturated carbocycles. The van der Waals surface area contributed by atoms with Gasteiger partial charge in [-0.15, -0.1) is 10.2 Å². The molecule has 0 N–H and O–H groups in total. The van der Waals surface area contributed by atoms with E-state index in [1.54, 1.807) is 12.1 Å². The molecule has 3 nitrogen and oxygen atoms in total. The van der Waals surface area contributed by atoms with E-state index in [4.69, 9.17) is 11.6 Å². The lowest BCUT2D eigenvalue weighted by atomic mass is 10.1. The number of alkyl halides is 1. The Kier molecular flexibility index (Phi) is 4.58. The third kappa shape index (κ3) is 2.98. The quantitative estimate of drug-likeness (QED) is 0.773. The lowest BCUT2D eigenvalue weighted by Crippen LogP contribution is -2.10. The van der Waals surface area contributed by atoms with Crippen molar-refractivity contribution < 1.29 is 4.39 Å². The molecule has 2 aromatic rings. The van der Waals surface area contributed by atoms with Crippen LogP contribution in [0.3, 0.4) is 0 Å². The number of nitrogens with zero attached hydrogens (tertiary/aromatic N) is 3. The van der Waals surface area contributed by atoms with E-state index >= 15 is 0 Å². The highest BCUT2D eigenvalue weighted by molar-refractivity contribution is 9.08. The zero-order chi connectivity index (χ0) is 14.0. The Hall–Kier alpha value is -0.940. The standard InChI is InChI=1S/C13H14BrClFN3/c1-8(2)7-19-11(6-14)17-18-13(19)12-9(15)4-3-5-10(12)16/h3-5,8H,6-7H2,1-2H3. The van der Waals surface area contributed by atoms with E-state index in [9.17, 15) is 4.39 Å². The predicted octanol–water partition coefficient (Wildman–Crippen LogP) is 4.29. The summed E-state index contributed by atoms with van der Waals surface area (Å²) in [5.74, 6) is 1.26. The molecule has 0 unspecified atom stereocenters. The molecule has 0 radical (unpaired) electrons. The second-order valence-corrected chi connectivity index (χ2v) is 5.64. The van der Waals surface area contributed by atoms with Crippen molar-refractivity contribution in [2.75, 3.05) is 0 Å². The molecular formula is C13H14BrClFN3. The minimum absolute atomic E-state index is 0.310. The molecule has 0 atom stereocenters. The number of benzene rings is 1. The van der Waals surface area contributed by atoms with E-state index in [2.05, 4.69) is 40.0 Å². The van der Waals surface area contributed by atoms with Gasteiger partial charge in [0.1, 0.15) is 11.6 Å². The molecule has 1 heterocycles. The van der Waals surface area contributed by atoms with Crippen molar-refractivity contribution in [2.45, 2.75) is 25.7 Å². The van der Waals surface area contributed by atoms with E-state index in [-0.39, 0.29) is 5.82 Å². The molecule has 1 aromatic heterocycles. The molecule has 2 rings (SSSR count). The highest BCUT2D eigenvalue weighted by atomic mass is 79.9. The number of hydrogen-bond donors (Lipinski definition) is 0. The van der Waals surface area contributed by atoms with Crippen LogP contribution in [0.25, 0.3) is 11.4 Å². The van der Waals surface area contributed by atoms with Crippen molar-refractivity contribution in [3.63, 3.8) is 0 Å². The molecule has 0 aliphatic heterocycles. The van der Waals surface area contributed by atoms with Gasteiger partial charge in [-0.05, 0) is 18.1 Å². The lowest BCUT2D eigenvalue weighted by Gasteiger charge is -2.13. The summed E-state index contributed by atoms with van der Waals surface area (Å²) in [5, 5.41) is 9.09. The fourth-order valence-corrected chi connectivity index (χ4v) is 2.55. The molecule has 0 spiro atoms. The third-order valence-corrected chi connectivity index (χ3v) is 3.50. The molecule has 1 aromatic carbocycles. The van der Waals surface area contributed by atoms with Crippen LogP contribution in [0.4, 0.5) is 4.39 Å². The molecular weight excluding hydrogens is 333 g/mol. The van der Waals surface area contributed by atoms with Crippen molar-refractivity contribution in [3.05, 3.63) is 34.9 Å². The monoisotopic (exact) mass is 345 g/mol. The largest absolute Gasteiger partial charge is 0.310 e. The van der Waals surface area contributed by atoms with Crippen molar-refractivity contribution in [1.82, 2.24) is 14.8 Å². The van der Waals surface area contributed by atoms with Crippen LogP contribution in [0.1, 0.15) is 19.7 Å². The maximum Gasteiger partial charge on any atom is 0.168 e. The average molecular weight is 347 g/mol. The fraction of sp³-hybridized carbons (Fsp3) is 0.385. The van der Waals surface area contributed by atoms with E-state index in [1.807, 2.05) is 4.57 Å². The first-order chi connectivity index (χ1) is 9.04. The maximum absolute atomic E-state index is 14.0. The summed E-state index contributed by atoms with van der Waals surface area (Å²) in [7, 11) is 0. The van der Waals surface area contributed by atoms with Crippen LogP contribution in [0.2, 0.25) is 5.02 Å². The van der Waals surface area contributed by atoms with Crippen LogP contribution in [-0.4, -0.2) is 14.8 Å². The van der Waals surface area contributed by atoms with Crippen molar-refractivity contribution in [2.24, 2.45) is 5.92 Å². The predicted molar refractivity (Wildman–Crippen MR) is 77.9 cm³/mol. The van der Waals surface area contributed by atoms with Gasteiger partial charge in [0.2, 0.25) is 0 Å². The second kappa shape index (κ2) is 6.01. The Morgan fingerprint density at radius 1 is 1.37 bits per heavy atom. The van der Waals surface area contributed by atoms with Crippen molar-refractivity contribution in [1.29, 1.82) is 0 Å². The van der Waals surface area contributed by atoms with E-state index < -0.39 is 0 Å². The molecule has 102 valence electrons. The van der Waals surface area contributed by atoms with Gasteiger partial charge >= 0.3 is 0 Å². The second-order valence-electron chi connectivity index (χ2n) is 4.67. The lowest BCUT2D eigenvalue weighted by molar-refractivity contribution is 0.514. The topological polar surface area (TPSA) is 30.7 Å². The third-order valence-electron chi connectivity index (χ3n) is 2.68. The number of halogens is 3. The summed E-state index contributed by atoms with van der Waals surface area (Å²) in [4.78, 5) is 0. The number of hydrogen-bond acceptors (Lipinski definition) is 2. The van der Waals surface area contributed by atoms with Gasteiger partial charge in [-0.2, -0.15) is 0 Å². The highest BCUT2D eigenvalue weighted by Crippen LogP contribution is 2.30. The molecule has 0 amide bonds. The SMILES string of the molecule is CC(C)Cn1c(CBr)nnc1-c1c(F)cccc1Cl. The summed E-state index contributed by atoms with van der Waals surface area (Å²) < 4.78 is 15.9.